The SMILES string of the molecule is COc1ccccc1/C(=C(\B(c1cccs1)c1cccs1)c1cccs1)C1CCCCC1. The maximum absolute atomic E-state index is 5.92. The lowest BCUT2D eigenvalue weighted by atomic mass is 9.40. The Morgan fingerprint density at radius 3 is 2.03 bits per heavy atom. The summed E-state index contributed by atoms with van der Waals surface area (Å²) < 4.78 is 8.75. The van der Waals surface area contributed by atoms with Crippen LogP contribution in [0.1, 0.15) is 42.5 Å². The number of benzene rings is 1. The molecule has 4 aromatic rings. The van der Waals surface area contributed by atoms with E-state index in [9.17, 15) is 0 Å². The molecule has 32 heavy (non-hydrogen) atoms. The highest BCUT2D eigenvalue weighted by atomic mass is 32.1. The van der Waals surface area contributed by atoms with Gasteiger partial charge in [-0.3, -0.25) is 0 Å². The summed E-state index contributed by atoms with van der Waals surface area (Å²) in [4.78, 5) is 1.38. The summed E-state index contributed by atoms with van der Waals surface area (Å²) in [5.74, 6) is 1.54. The zero-order valence-corrected chi connectivity index (χ0v) is 20.8. The highest BCUT2D eigenvalue weighted by Gasteiger charge is 2.34. The van der Waals surface area contributed by atoms with Crippen molar-refractivity contribution in [3.63, 3.8) is 0 Å². The lowest BCUT2D eigenvalue weighted by Gasteiger charge is -2.30. The van der Waals surface area contributed by atoms with Gasteiger partial charge in [-0.25, -0.2) is 0 Å². The van der Waals surface area contributed by atoms with E-state index in [1.54, 1.807) is 7.11 Å². The van der Waals surface area contributed by atoms with Crippen molar-refractivity contribution >= 4 is 61.3 Å². The summed E-state index contributed by atoms with van der Waals surface area (Å²) in [7, 11) is 1.80. The average molecular weight is 475 g/mol. The van der Waals surface area contributed by atoms with Crippen LogP contribution in [0.2, 0.25) is 0 Å². The Kier molecular flexibility index (Phi) is 6.96. The van der Waals surface area contributed by atoms with Gasteiger partial charge < -0.3 is 4.74 Å². The second-order valence-corrected chi connectivity index (χ2v) is 11.2. The third-order valence-corrected chi connectivity index (χ3v) is 9.21. The van der Waals surface area contributed by atoms with Gasteiger partial charge in [-0.05, 0) is 67.6 Å². The summed E-state index contributed by atoms with van der Waals surface area (Å²) in [5.41, 5.74) is 4.24. The van der Waals surface area contributed by atoms with E-state index in [2.05, 4.69) is 76.8 Å². The summed E-state index contributed by atoms with van der Waals surface area (Å²) in [6, 6.07) is 22.2. The Hall–Kier alpha value is -2.08. The third-order valence-electron chi connectivity index (χ3n) is 6.43. The number of ether oxygens (including phenoxy) is 1. The molecule has 1 fully saturated rings. The molecule has 1 aliphatic carbocycles. The van der Waals surface area contributed by atoms with Gasteiger partial charge in [-0.1, -0.05) is 67.8 Å². The first-order valence-electron chi connectivity index (χ1n) is 11.3. The molecule has 0 N–H and O–H groups in total. The Bertz CT molecular complexity index is 1100. The minimum absolute atomic E-state index is 0.246. The van der Waals surface area contributed by atoms with Gasteiger partial charge >= 0.3 is 0 Å². The summed E-state index contributed by atoms with van der Waals surface area (Å²) in [5, 5.41) is 6.65. The molecule has 3 heterocycles. The average Bonchev–Trinajstić information content (AvgIpc) is 3.64. The normalized spacial score (nSPS) is 15.4. The van der Waals surface area contributed by atoms with Crippen molar-refractivity contribution in [1.29, 1.82) is 0 Å². The summed E-state index contributed by atoms with van der Waals surface area (Å²) >= 11 is 5.60. The van der Waals surface area contributed by atoms with Gasteiger partial charge in [0.15, 0.2) is 0 Å². The van der Waals surface area contributed by atoms with Crippen molar-refractivity contribution in [3.05, 3.63) is 87.2 Å². The molecule has 0 aliphatic heterocycles. The molecule has 0 saturated heterocycles. The summed E-state index contributed by atoms with van der Waals surface area (Å²) in [6.07, 6.45) is 6.48. The van der Waals surface area contributed by atoms with Crippen molar-refractivity contribution < 1.29 is 4.74 Å². The minimum Gasteiger partial charge on any atom is -0.496 e. The fourth-order valence-electron chi connectivity index (χ4n) is 5.04. The van der Waals surface area contributed by atoms with E-state index in [1.807, 2.05) is 34.0 Å². The van der Waals surface area contributed by atoms with Gasteiger partial charge in [-0.2, -0.15) is 22.7 Å². The molecule has 1 saturated carbocycles. The molecule has 162 valence electrons. The van der Waals surface area contributed by atoms with Gasteiger partial charge in [0.1, 0.15) is 5.75 Å². The van der Waals surface area contributed by atoms with Crippen molar-refractivity contribution in [2.45, 2.75) is 32.1 Å². The molecule has 0 bridgehead atoms. The number of hydrogen-bond donors (Lipinski definition) is 0. The molecule has 3 aromatic heterocycles. The first kappa shape index (κ1) is 21.8. The van der Waals surface area contributed by atoms with Gasteiger partial charge in [0.2, 0.25) is 0 Å². The maximum Gasteiger partial charge on any atom is 0.268 e. The molecule has 0 radical (unpaired) electrons. The van der Waals surface area contributed by atoms with E-state index < -0.39 is 0 Å². The van der Waals surface area contributed by atoms with E-state index in [1.165, 1.54) is 63.1 Å². The zero-order chi connectivity index (χ0) is 21.8. The molecular formula is C27H27BOS3. The summed E-state index contributed by atoms with van der Waals surface area (Å²) in [6.45, 7) is 0.246. The molecule has 1 nitrogen and oxygen atoms in total. The number of rotatable bonds is 7. The lowest BCUT2D eigenvalue weighted by molar-refractivity contribution is 0.407. The number of methoxy groups -OCH3 is 1. The Morgan fingerprint density at radius 2 is 1.44 bits per heavy atom. The zero-order valence-electron chi connectivity index (χ0n) is 18.3. The molecule has 0 unspecified atom stereocenters. The number of para-hydroxylation sites is 1. The van der Waals surface area contributed by atoms with Crippen LogP contribution >= 0.6 is 34.0 Å². The largest absolute Gasteiger partial charge is 0.496 e. The predicted octanol–water partition coefficient (Wildman–Crippen LogP) is 7.22. The second kappa shape index (κ2) is 10.2. The molecule has 1 aliphatic rings. The van der Waals surface area contributed by atoms with Gasteiger partial charge in [-0.15, -0.1) is 11.3 Å². The molecule has 5 heteroatoms. The maximum atomic E-state index is 5.92. The Labute approximate surface area is 203 Å². The predicted molar refractivity (Wildman–Crippen MR) is 144 cm³/mol. The van der Waals surface area contributed by atoms with Crippen molar-refractivity contribution in [1.82, 2.24) is 0 Å². The van der Waals surface area contributed by atoms with E-state index >= 15 is 0 Å². The Morgan fingerprint density at radius 1 is 0.781 bits per heavy atom. The monoisotopic (exact) mass is 474 g/mol. The standard InChI is InChI=1S/C27H27BOS3/c1-29-22-13-6-5-12-21(22)26(20-10-3-2-4-11-20)27(23-14-7-17-30-23)28(24-15-8-18-31-24)25-16-9-19-32-25/h5-9,12-20H,2-4,10-11H2,1H3/b27-26-. The molecule has 5 rings (SSSR count). The van der Waals surface area contributed by atoms with Crippen LogP contribution < -0.4 is 14.3 Å². The van der Waals surface area contributed by atoms with Crippen molar-refractivity contribution in [2.75, 3.05) is 7.11 Å². The first-order chi connectivity index (χ1) is 15.9. The minimum atomic E-state index is 0.246. The van der Waals surface area contributed by atoms with E-state index in [-0.39, 0.29) is 6.71 Å². The quantitative estimate of drug-likeness (QED) is 0.257. The molecular weight excluding hydrogens is 447 g/mol. The lowest BCUT2D eigenvalue weighted by Crippen LogP contribution is -2.41. The number of hydrogen-bond acceptors (Lipinski definition) is 4. The Balaban J connectivity index is 1.83. The van der Waals surface area contributed by atoms with Gasteiger partial charge in [0, 0.05) is 10.4 Å². The van der Waals surface area contributed by atoms with Crippen LogP contribution in [-0.4, -0.2) is 13.8 Å². The van der Waals surface area contributed by atoms with Crippen LogP contribution in [0.15, 0.2) is 76.8 Å². The highest BCUT2D eigenvalue weighted by Crippen LogP contribution is 2.44. The first-order valence-corrected chi connectivity index (χ1v) is 14.0. The second-order valence-electron chi connectivity index (χ2n) is 8.30. The van der Waals surface area contributed by atoms with Crippen molar-refractivity contribution in [3.8, 4) is 5.75 Å². The van der Waals surface area contributed by atoms with Crippen LogP contribution in [0.4, 0.5) is 0 Å². The van der Waals surface area contributed by atoms with Gasteiger partial charge in [0.05, 0.1) is 7.11 Å². The van der Waals surface area contributed by atoms with Crippen molar-refractivity contribution in [2.24, 2.45) is 5.92 Å². The fraction of sp³-hybridized carbons (Fsp3) is 0.259. The number of allylic oxidation sites excluding steroid dienone is 1. The third kappa shape index (κ3) is 4.39. The van der Waals surface area contributed by atoms with Crippen LogP contribution in [0, 0.1) is 5.92 Å². The fourth-order valence-corrected chi connectivity index (χ4v) is 7.64. The van der Waals surface area contributed by atoms with E-state index in [0.717, 1.165) is 5.75 Å². The molecule has 0 spiro atoms. The molecule has 1 aromatic carbocycles. The van der Waals surface area contributed by atoms with Crippen LogP contribution in [0.25, 0.3) is 11.0 Å². The highest BCUT2D eigenvalue weighted by molar-refractivity contribution is 7.35. The molecule has 0 atom stereocenters. The van der Waals surface area contributed by atoms with E-state index in [4.69, 9.17) is 4.74 Å². The smallest absolute Gasteiger partial charge is 0.268 e. The van der Waals surface area contributed by atoms with Crippen LogP contribution in [0.3, 0.4) is 0 Å². The topological polar surface area (TPSA) is 9.23 Å². The molecule has 0 amide bonds. The van der Waals surface area contributed by atoms with Crippen LogP contribution in [0.5, 0.6) is 5.75 Å². The number of thiophene rings is 3. The van der Waals surface area contributed by atoms with E-state index in [0.29, 0.717) is 5.92 Å². The van der Waals surface area contributed by atoms with Crippen LogP contribution in [-0.2, 0) is 0 Å². The van der Waals surface area contributed by atoms with Gasteiger partial charge in [0.25, 0.3) is 6.71 Å².